The van der Waals surface area contributed by atoms with Crippen LogP contribution in [0, 0.1) is 11.3 Å². The van der Waals surface area contributed by atoms with Crippen LogP contribution in [-0.4, -0.2) is 4.98 Å². The number of nitrogens with one attached hydrogen (secondary N) is 1. The van der Waals surface area contributed by atoms with Crippen molar-refractivity contribution in [2.75, 3.05) is 5.32 Å². The molecule has 3 nitrogen and oxygen atoms in total. The quantitative estimate of drug-likeness (QED) is 0.769. The monoisotopic (exact) mass is 271 g/mol. The summed E-state index contributed by atoms with van der Waals surface area (Å²) in [5, 5.41) is 12.1. The van der Waals surface area contributed by atoms with E-state index in [9.17, 15) is 0 Å². The number of anilines is 2. The average Bonchev–Trinajstić information content (AvgIpc) is 2.57. The van der Waals surface area contributed by atoms with Crippen molar-refractivity contribution in [2.45, 2.75) is 0 Å². The molecule has 0 aliphatic carbocycles. The van der Waals surface area contributed by atoms with Crippen LogP contribution in [0.5, 0.6) is 0 Å². The fourth-order valence-electron chi connectivity index (χ4n) is 2.07. The molecular weight excluding hydrogens is 258 g/mol. The summed E-state index contributed by atoms with van der Waals surface area (Å²) in [7, 11) is 0. The van der Waals surface area contributed by atoms with Gasteiger partial charge in [0.2, 0.25) is 0 Å². The highest BCUT2D eigenvalue weighted by atomic mass is 14.9. The van der Waals surface area contributed by atoms with Crippen molar-refractivity contribution in [2.24, 2.45) is 0 Å². The molecule has 0 saturated heterocycles. The molecule has 0 bridgehead atoms. The third-order valence-corrected chi connectivity index (χ3v) is 3.18. The largest absolute Gasteiger partial charge is 0.356 e. The lowest BCUT2D eigenvalue weighted by Crippen LogP contribution is -1.90. The van der Waals surface area contributed by atoms with E-state index in [2.05, 4.69) is 28.5 Å². The molecule has 0 fully saturated rings. The smallest absolute Gasteiger partial charge is 0.0991 e. The fourth-order valence-corrected chi connectivity index (χ4v) is 2.07. The summed E-state index contributed by atoms with van der Waals surface area (Å²) in [5.74, 6) is 0. The topological polar surface area (TPSA) is 48.7 Å². The van der Waals surface area contributed by atoms with E-state index in [1.807, 2.05) is 42.6 Å². The first-order chi connectivity index (χ1) is 10.3. The second kappa shape index (κ2) is 5.89. The van der Waals surface area contributed by atoms with Gasteiger partial charge in [0.1, 0.15) is 0 Å². The Bertz CT molecular complexity index is 754. The number of nitrogens with zero attached hydrogens (tertiary/aromatic N) is 2. The molecule has 100 valence electrons. The van der Waals surface area contributed by atoms with E-state index in [1.165, 1.54) is 0 Å². The van der Waals surface area contributed by atoms with E-state index < -0.39 is 0 Å². The Morgan fingerprint density at radius 2 is 1.48 bits per heavy atom. The molecule has 1 aromatic heterocycles. The maximum absolute atomic E-state index is 8.78. The Labute approximate surface area is 123 Å². The lowest BCUT2D eigenvalue weighted by Gasteiger charge is -2.07. The summed E-state index contributed by atoms with van der Waals surface area (Å²) in [6.07, 6.45) is 3.62. The van der Waals surface area contributed by atoms with Gasteiger partial charge in [0.25, 0.3) is 0 Å². The second-order valence-electron chi connectivity index (χ2n) is 4.63. The van der Waals surface area contributed by atoms with Crippen molar-refractivity contribution in [3.8, 4) is 17.2 Å². The van der Waals surface area contributed by atoms with E-state index >= 15 is 0 Å². The van der Waals surface area contributed by atoms with Crippen molar-refractivity contribution in [1.29, 1.82) is 5.26 Å². The van der Waals surface area contributed by atoms with Gasteiger partial charge in [-0.2, -0.15) is 5.26 Å². The van der Waals surface area contributed by atoms with Crippen molar-refractivity contribution >= 4 is 11.4 Å². The van der Waals surface area contributed by atoms with Gasteiger partial charge in [-0.1, -0.05) is 18.2 Å². The Kier molecular flexibility index (Phi) is 3.62. The van der Waals surface area contributed by atoms with Crippen molar-refractivity contribution in [3.63, 3.8) is 0 Å². The second-order valence-corrected chi connectivity index (χ2v) is 4.63. The first-order valence-corrected chi connectivity index (χ1v) is 6.63. The van der Waals surface area contributed by atoms with Crippen molar-refractivity contribution in [1.82, 2.24) is 4.98 Å². The lowest BCUT2D eigenvalue weighted by molar-refractivity contribution is 1.33. The highest BCUT2D eigenvalue weighted by Crippen LogP contribution is 2.22. The average molecular weight is 271 g/mol. The van der Waals surface area contributed by atoms with Gasteiger partial charge < -0.3 is 5.32 Å². The summed E-state index contributed by atoms with van der Waals surface area (Å²) in [6.45, 7) is 0. The summed E-state index contributed by atoms with van der Waals surface area (Å²) >= 11 is 0. The van der Waals surface area contributed by atoms with Gasteiger partial charge in [-0.05, 0) is 53.6 Å². The van der Waals surface area contributed by atoms with Crippen LogP contribution in [0.15, 0.2) is 73.1 Å². The van der Waals surface area contributed by atoms with Crippen LogP contribution in [-0.2, 0) is 0 Å². The van der Waals surface area contributed by atoms with Crippen LogP contribution in [0.4, 0.5) is 11.4 Å². The minimum Gasteiger partial charge on any atom is -0.356 e. The molecule has 21 heavy (non-hydrogen) atoms. The third-order valence-electron chi connectivity index (χ3n) is 3.18. The van der Waals surface area contributed by atoms with Gasteiger partial charge >= 0.3 is 0 Å². The number of rotatable bonds is 3. The Morgan fingerprint density at radius 1 is 0.810 bits per heavy atom. The summed E-state index contributed by atoms with van der Waals surface area (Å²) in [6, 6.07) is 21.6. The summed E-state index contributed by atoms with van der Waals surface area (Å²) in [4.78, 5) is 4.13. The minimum absolute atomic E-state index is 0.660. The van der Waals surface area contributed by atoms with Gasteiger partial charge in [-0.15, -0.1) is 0 Å². The molecular formula is C18H13N3. The molecule has 0 atom stereocenters. The minimum atomic E-state index is 0.660. The predicted octanol–water partition coefficient (Wildman–Crippen LogP) is 4.36. The van der Waals surface area contributed by atoms with Crippen LogP contribution < -0.4 is 5.32 Å². The molecule has 3 rings (SSSR count). The van der Waals surface area contributed by atoms with Crippen LogP contribution in [0.25, 0.3) is 11.1 Å². The number of benzene rings is 2. The van der Waals surface area contributed by atoms with Gasteiger partial charge in [-0.3, -0.25) is 4.98 Å². The van der Waals surface area contributed by atoms with E-state index in [0.29, 0.717) is 5.56 Å². The number of pyridine rings is 1. The Morgan fingerprint density at radius 3 is 2.05 bits per heavy atom. The van der Waals surface area contributed by atoms with Crippen LogP contribution in [0.2, 0.25) is 0 Å². The number of aromatic nitrogens is 1. The van der Waals surface area contributed by atoms with E-state index in [1.54, 1.807) is 18.3 Å². The molecule has 0 unspecified atom stereocenters. The number of hydrogen-bond donors (Lipinski definition) is 1. The molecule has 0 aliphatic rings. The molecule has 0 amide bonds. The lowest BCUT2D eigenvalue weighted by atomic mass is 10.1. The highest BCUT2D eigenvalue weighted by molar-refractivity contribution is 5.67. The Hall–Kier alpha value is -3.12. The summed E-state index contributed by atoms with van der Waals surface area (Å²) in [5.41, 5.74) is 4.86. The number of nitriles is 1. The third kappa shape index (κ3) is 3.07. The van der Waals surface area contributed by atoms with E-state index in [0.717, 1.165) is 22.5 Å². The van der Waals surface area contributed by atoms with Gasteiger partial charge in [0.05, 0.1) is 11.6 Å². The van der Waals surface area contributed by atoms with Crippen molar-refractivity contribution < 1.29 is 0 Å². The highest BCUT2D eigenvalue weighted by Gasteiger charge is 1.99. The molecule has 0 saturated carbocycles. The molecule has 0 radical (unpaired) electrons. The maximum Gasteiger partial charge on any atom is 0.0991 e. The zero-order chi connectivity index (χ0) is 14.5. The normalized spacial score (nSPS) is 9.86. The van der Waals surface area contributed by atoms with E-state index in [-0.39, 0.29) is 0 Å². The van der Waals surface area contributed by atoms with Gasteiger partial charge in [0.15, 0.2) is 0 Å². The molecule has 0 aliphatic heterocycles. The predicted molar refractivity (Wildman–Crippen MR) is 84.1 cm³/mol. The summed E-state index contributed by atoms with van der Waals surface area (Å²) < 4.78 is 0. The fraction of sp³-hybridized carbons (Fsp3) is 0. The van der Waals surface area contributed by atoms with Gasteiger partial charge in [-0.25, -0.2) is 0 Å². The molecule has 0 spiro atoms. The molecule has 2 aromatic carbocycles. The zero-order valence-electron chi connectivity index (χ0n) is 11.3. The Balaban J connectivity index is 1.76. The standard InChI is InChI=1S/C18H13N3/c19-12-14-3-7-17(8-4-14)21-18-9-5-15(6-10-18)16-2-1-11-20-13-16/h1-11,13,21H. The maximum atomic E-state index is 8.78. The van der Waals surface area contributed by atoms with Gasteiger partial charge in [0, 0.05) is 23.8 Å². The van der Waals surface area contributed by atoms with E-state index in [4.69, 9.17) is 5.26 Å². The zero-order valence-corrected chi connectivity index (χ0v) is 11.3. The molecule has 3 heteroatoms. The van der Waals surface area contributed by atoms with Crippen LogP contribution in [0.3, 0.4) is 0 Å². The van der Waals surface area contributed by atoms with Crippen LogP contribution in [0.1, 0.15) is 5.56 Å². The van der Waals surface area contributed by atoms with Crippen molar-refractivity contribution in [3.05, 3.63) is 78.6 Å². The number of hydrogen-bond acceptors (Lipinski definition) is 3. The molecule has 1 heterocycles. The molecule has 3 aromatic rings. The molecule has 1 N–H and O–H groups in total. The van der Waals surface area contributed by atoms with Crippen LogP contribution >= 0.6 is 0 Å². The SMILES string of the molecule is N#Cc1ccc(Nc2ccc(-c3cccnc3)cc2)cc1. The first kappa shape index (κ1) is 12.9. The first-order valence-electron chi connectivity index (χ1n) is 6.63.